The molecule has 0 radical (unpaired) electrons. The molecule has 2 N–H and O–H groups in total. The number of rotatable bonds is 4. The van der Waals surface area contributed by atoms with Gasteiger partial charge >= 0.3 is 5.92 Å². The van der Waals surface area contributed by atoms with Crippen LogP contribution in [0.25, 0.3) is 0 Å². The minimum Gasteiger partial charge on any atom is -0.491 e. The summed E-state index contributed by atoms with van der Waals surface area (Å²) >= 11 is 0. The first kappa shape index (κ1) is 12.4. The third-order valence-electron chi connectivity index (χ3n) is 1.90. The predicted octanol–water partition coefficient (Wildman–Crippen LogP) is 2.05. The van der Waals surface area contributed by atoms with E-state index in [1.807, 2.05) is 13.8 Å². The van der Waals surface area contributed by atoms with Gasteiger partial charge in [-0.2, -0.15) is 8.78 Å². The second kappa shape index (κ2) is 4.47. The highest BCUT2D eigenvalue weighted by atomic mass is 19.3. The maximum atomic E-state index is 13.2. The Morgan fingerprint density at radius 1 is 1.31 bits per heavy atom. The Morgan fingerprint density at radius 3 is 2.19 bits per heavy atom. The Hall–Kier alpha value is -1.65. The van der Waals surface area contributed by atoms with Gasteiger partial charge in [0.25, 0.3) is 5.91 Å². The average Bonchev–Trinajstić information content (AvgIpc) is 2.17. The van der Waals surface area contributed by atoms with Crippen LogP contribution in [0, 0.1) is 0 Å². The van der Waals surface area contributed by atoms with Crippen LogP contribution in [0.4, 0.5) is 8.78 Å². The van der Waals surface area contributed by atoms with Crippen molar-refractivity contribution in [2.24, 2.45) is 5.73 Å². The van der Waals surface area contributed by atoms with Crippen LogP contribution in [-0.2, 0) is 10.7 Å². The number of nitrogens with two attached hydrogens (primary N) is 1. The van der Waals surface area contributed by atoms with Gasteiger partial charge in [-0.3, -0.25) is 4.79 Å². The van der Waals surface area contributed by atoms with Crippen molar-refractivity contribution in [3.8, 4) is 5.75 Å². The highest BCUT2D eigenvalue weighted by molar-refractivity contribution is 5.83. The maximum absolute atomic E-state index is 13.2. The van der Waals surface area contributed by atoms with Crippen molar-refractivity contribution in [3.63, 3.8) is 0 Å². The number of hydrogen-bond donors (Lipinski definition) is 1. The minimum atomic E-state index is -3.64. The zero-order valence-corrected chi connectivity index (χ0v) is 9.04. The van der Waals surface area contributed by atoms with Gasteiger partial charge in [0.1, 0.15) is 5.75 Å². The molecule has 1 aromatic carbocycles. The quantitative estimate of drug-likeness (QED) is 0.859. The molecule has 0 atom stereocenters. The summed E-state index contributed by atoms with van der Waals surface area (Å²) in [5.41, 5.74) is 4.17. The lowest BCUT2D eigenvalue weighted by Crippen LogP contribution is -2.32. The van der Waals surface area contributed by atoms with Gasteiger partial charge in [-0.15, -0.1) is 0 Å². The van der Waals surface area contributed by atoms with E-state index in [4.69, 9.17) is 4.74 Å². The normalized spacial score (nSPS) is 11.6. The molecule has 0 unspecified atom stereocenters. The van der Waals surface area contributed by atoms with Gasteiger partial charge in [-0.25, -0.2) is 0 Å². The van der Waals surface area contributed by atoms with Crippen LogP contribution in [0.15, 0.2) is 24.3 Å². The third kappa shape index (κ3) is 2.68. The first-order valence-corrected chi connectivity index (χ1v) is 4.79. The van der Waals surface area contributed by atoms with Crippen molar-refractivity contribution in [2.75, 3.05) is 0 Å². The molecule has 0 aromatic heterocycles. The number of carbonyl (C=O) groups is 1. The highest BCUT2D eigenvalue weighted by Gasteiger charge is 2.38. The molecule has 3 nitrogen and oxygen atoms in total. The summed E-state index contributed by atoms with van der Waals surface area (Å²) in [6.45, 7) is 3.65. The smallest absolute Gasteiger partial charge is 0.349 e. The lowest BCUT2D eigenvalue weighted by atomic mass is 10.1. The number of carbonyl (C=O) groups excluding carboxylic acids is 1. The zero-order valence-electron chi connectivity index (χ0n) is 9.04. The molecule has 0 aliphatic rings. The minimum absolute atomic E-state index is 0.0394. The van der Waals surface area contributed by atoms with Crippen LogP contribution in [0.5, 0.6) is 5.75 Å². The SMILES string of the molecule is CC(C)Oc1ccc(C(F)(F)C(N)=O)cc1. The van der Waals surface area contributed by atoms with Crippen LogP contribution in [0.2, 0.25) is 0 Å². The van der Waals surface area contributed by atoms with Crippen molar-refractivity contribution in [3.05, 3.63) is 29.8 Å². The summed E-state index contributed by atoms with van der Waals surface area (Å²) in [5.74, 6) is -4.83. The number of alkyl halides is 2. The average molecular weight is 229 g/mol. The summed E-state index contributed by atoms with van der Waals surface area (Å²) < 4.78 is 31.6. The molecule has 1 amide bonds. The first-order valence-electron chi connectivity index (χ1n) is 4.79. The first-order chi connectivity index (χ1) is 7.34. The Labute approximate surface area is 92.2 Å². The van der Waals surface area contributed by atoms with Gasteiger partial charge in [0.05, 0.1) is 6.10 Å². The molecule has 0 bridgehead atoms. The fourth-order valence-electron chi connectivity index (χ4n) is 1.16. The fraction of sp³-hybridized carbons (Fsp3) is 0.364. The second-order valence-electron chi connectivity index (χ2n) is 3.63. The third-order valence-corrected chi connectivity index (χ3v) is 1.90. The monoisotopic (exact) mass is 229 g/mol. The van der Waals surface area contributed by atoms with E-state index >= 15 is 0 Å². The molecule has 88 valence electrons. The predicted molar refractivity (Wildman–Crippen MR) is 55.3 cm³/mol. The summed E-state index contributed by atoms with van der Waals surface area (Å²) in [5, 5.41) is 0. The molecule has 0 saturated carbocycles. The van der Waals surface area contributed by atoms with Gasteiger partial charge in [-0.1, -0.05) is 0 Å². The molecule has 5 heteroatoms. The van der Waals surface area contributed by atoms with Gasteiger partial charge in [-0.05, 0) is 38.1 Å². The largest absolute Gasteiger partial charge is 0.491 e. The van der Waals surface area contributed by atoms with Crippen LogP contribution >= 0.6 is 0 Å². The molecule has 0 aliphatic carbocycles. The molecule has 0 spiro atoms. The topological polar surface area (TPSA) is 52.3 Å². The molecule has 16 heavy (non-hydrogen) atoms. The van der Waals surface area contributed by atoms with E-state index in [-0.39, 0.29) is 6.10 Å². The Balaban J connectivity index is 2.91. The standard InChI is InChI=1S/C11H13F2NO2/c1-7(2)16-9-5-3-8(4-6-9)11(12,13)10(14)15/h3-7H,1-2H3,(H2,14,15). The fourth-order valence-corrected chi connectivity index (χ4v) is 1.16. The molecule has 1 rings (SSSR count). The highest BCUT2D eigenvalue weighted by Crippen LogP contribution is 2.28. The molecule has 0 saturated heterocycles. The zero-order chi connectivity index (χ0) is 12.3. The van der Waals surface area contributed by atoms with Crippen molar-refractivity contribution < 1.29 is 18.3 Å². The van der Waals surface area contributed by atoms with Gasteiger partial charge in [0, 0.05) is 5.56 Å². The van der Waals surface area contributed by atoms with Crippen LogP contribution in [0.1, 0.15) is 19.4 Å². The lowest BCUT2D eigenvalue weighted by Gasteiger charge is -2.14. The van der Waals surface area contributed by atoms with Gasteiger partial charge in [0.15, 0.2) is 0 Å². The number of primary amides is 1. The maximum Gasteiger partial charge on any atom is 0.349 e. The van der Waals surface area contributed by atoms with E-state index in [0.29, 0.717) is 5.75 Å². The van der Waals surface area contributed by atoms with E-state index in [2.05, 4.69) is 5.73 Å². The van der Waals surface area contributed by atoms with Gasteiger partial charge < -0.3 is 10.5 Å². The van der Waals surface area contributed by atoms with Crippen LogP contribution < -0.4 is 10.5 Å². The Bertz CT molecular complexity index is 374. The number of amides is 1. The van der Waals surface area contributed by atoms with Crippen molar-refractivity contribution in [1.29, 1.82) is 0 Å². The van der Waals surface area contributed by atoms with Crippen LogP contribution in [0.3, 0.4) is 0 Å². The van der Waals surface area contributed by atoms with E-state index in [1.165, 1.54) is 12.1 Å². The number of halogens is 2. The number of hydrogen-bond acceptors (Lipinski definition) is 2. The molecule has 0 heterocycles. The Kier molecular flexibility index (Phi) is 3.47. The summed E-state index contributed by atoms with van der Waals surface area (Å²) in [6.07, 6.45) is -0.0394. The van der Waals surface area contributed by atoms with E-state index in [1.54, 1.807) is 0 Å². The van der Waals surface area contributed by atoms with Crippen molar-refractivity contribution >= 4 is 5.91 Å². The van der Waals surface area contributed by atoms with E-state index in [0.717, 1.165) is 12.1 Å². The second-order valence-corrected chi connectivity index (χ2v) is 3.63. The van der Waals surface area contributed by atoms with E-state index in [9.17, 15) is 13.6 Å². The molecule has 1 aromatic rings. The molecule has 0 aliphatic heterocycles. The van der Waals surface area contributed by atoms with Crippen molar-refractivity contribution in [1.82, 2.24) is 0 Å². The molecular weight excluding hydrogens is 216 g/mol. The van der Waals surface area contributed by atoms with Gasteiger partial charge in [0.2, 0.25) is 0 Å². The summed E-state index contributed by atoms with van der Waals surface area (Å²) in [7, 11) is 0. The Morgan fingerprint density at radius 2 is 1.81 bits per heavy atom. The molecular formula is C11H13F2NO2. The van der Waals surface area contributed by atoms with Crippen LogP contribution in [-0.4, -0.2) is 12.0 Å². The number of benzene rings is 1. The molecule has 0 fully saturated rings. The number of ether oxygens (including phenoxy) is 1. The van der Waals surface area contributed by atoms with Crippen molar-refractivity contribution in [2.45, 2.75) is 25.9 Å². The summed E-state index contributed by atoms with van der Waals surface area (Å²) in [4.78, 5) is 10.5. The lowest BCUT2D eigenvalue weighted by molar-refractivity contribution is -0.143. The van der Waals surface area contributed by atoms with E-state index < -0.39 is 17.4 Å². The summed E-state index contributed by atoms with van der Waals surface area (Å²) in [6, 6.07) is 5.02.